The molecule has 2 fully saturated rings. The van der Waals surface area contributed by atoms with Crippen LogP contribution in [0.2, 0.25) is 0 Å². The molecule has 1 N–H and O–H groups in total. The van der Waals surface area contributed by atoms with E-state index >= 15 is 0 Å². The van der Waals surface area contributed by atoms with E-state index in [1.165, 1.54) is 19.3 Å². The number of Topliss-reactive ketones (excluding diaryl/α,β-unsaturated/α-hetero) is 1. The van der Waals surface area contributed by atoms with Gasteiger partial charge in [-0.25, -0.2) is 0 Å². The van der Waals surface area contributed by atoms with Crippen molar-refractivity contribution in [2.75, 3.05) is 19.7 Å². The Morgan fingerprint density at radius 1 is 1.28 bits per heavy atom. The van der Waals surface area contributed by atoms with Crippen molar-refractivity contribution in [1.82, 2.24) is 4.90 Å². The number of ketones is 1. The van der Waals surface area contributed by atoms with E-state index in [1.807, 2.05) is 0 Å². The number of nitrogens with zero attached hydrogens (tertiary/aromatic N) is 1. The molecule has 1 heterocycles. The van der Waals surface area contributed by atoms with Gasteiger partial charge in [0.2, 0.25) is 0 Å². The average molecular weight is 253 g/mol. The van der Waals surface area contributed by atoms with Crippen molar-refractivity contribution >= 4 is 5.78 Å². The molecule has 2 aliphatic rings. The number of carbonyl (C=O) groups is 1. The average Bonchev–Trinajstić information content (AvgIpc) is 2.35. The van der Waals surface area contributed by atoms with Gasteiger partial charge in [-0.1, -0.05) is 26.7 Å². The predicted molar refractivity (Wildman–Crippen MR) is 72.4 cm³/mol. The summed E-state index contributed by atoms with van der Waals surface area (Å²) in [6.45, 7) is 6.33. The van der Waals surface area contributed by atoms with Crippen LogP contribution in [0.1, 0.15) is 52.4 Å². The van der Waals surface area contributed by atoms with Crippen molar-refractivity contribution in [3.8, 4) is 0 Å². The molecule has 104 valence electrons. The first-order valence-electron chi connectivity index (χ1n) is 7.44. The van der Waals surface area contributed by atoms with E-state index in [0.29, 0.717) is 5.78 Å². The van der Waals surface area contributed by atoms with Crippen molar-refractivity contribution in [1.29, 1.82) is 0 Å². The fourth-order valence-corrected chi connectivity index (χ4v) is 3.56. The Labute approximate surface area is 111 Å². The minimum atomic E-state index is -0.132. The highest BCUT2D eigenvalue weighted by Crippen LogP contribution is 2.36. The second-order valence-corrected chi connectivity index (χ2v) is 6.66. The molecule has 0 aromatic carbocycles. The highest BCUT2D eigenvalue weighted by molar-refractivity contribution is 5.87. The quantitative estimate of drug-likeness (QED) is 0.838. The van der Waals surface area contributed by atoms with E-state index in [4.69, 9.17) is 0 Å². The molecule has 2 rings (SSSR count). The van der Waals surface area contributed by atoms with Gasteiger partial charge in [0, 0.05) is 23.9 Å². The van der Waals surface area contributed by atoms with Gasteiger partial charge >= 0.3 is 0 Å². The molecule has 3 nitrogen and oxygen atoms in total. The van der Waals surface area contributed by atoms with E-state index < -0.39 is 0 Å². The maximum absolute atomic E-state index is 12.4. The van der Waals surface area contributed by atoms with Gasteiger partial charge in [-0.2, -0.15) is 0 Å². The largest absolute Gasteiger partial charge is 0.395 e. The van der Waals surface area contributed by atoms with E-state index in [1.54, 1.807) is 0 Å². The van der Waals surface area contributed by atoms with E-state index in [0.717, 1.165) is 32.4 Å². The molecule has 0 aromatic rings. The highest BCUT2D eigenvalue weighted by atomic mass is 16.3. The number of carbonyl (C=O) groups excluding carboxylic acids is 1. The van der Waals surface area contributed by atoms with Gasteiger partial charge in [-0.3, -0.25) is 9.69 Å². The summed E-state index contributed by atoms with van der Waals surface area (Å²) >= 11 is 0. The SMILES string of the molecule is CC1(C)CCCC(CN2CCCCC2CO)C1=O. The summed E-state index contributed by atoms with van der Waals surface area (Å²) in [6.07, 6.45) is 6.75. The lowest BCUT2D eigenvalue weighted by Gasteiger charge is -2.40. The van der Waals surface area contributed by atoms with E-state index in [2.05, 4.69) is 18.7 Å². The molecule has 1 aliphatic heterocycles. The number of piperidine rings is 1. The standard InChI is InChI=1S/C15H27NO2/c1-15(2)8-5-6-12(14(15)18)10-16-9-4-3-7-13(16)11-17/h12-13,17H,3-11H2,1-2H3. The maximum Gasteiger partial charge on any atom is 0.142 e. The normalized spacial score (nSPS) is 33.6. The third-order valence-electron chi connectivity index (χ3n) is 4.81. The molecule has 1 saturated carbocycles. The summed E-state index contributed by atoms with van der Waals surface area (Å²) < 4.78 is 0. The number of rotatable bonds is 3. The van der Waals surface area contributed by atoms with Crippen LogP contribution in [0.5, 0.6) is 0 Å². The van der Waals surface area contributed by atoms with Crippen molar-refractivity contribution in [2.24, 2.45) is 11.3 Å². The first kappa shape index (κ1) is 14.0. The molecular weight excluding hydrogens is 226 g/mol. The maximum atomic E-state index is 12.4. The third kappa shape index (κ3) is 2.94. The third-order valence-corrected chi connectivity index (χ3v) is 4.81. The van der Waals surface area contributed by atoms with Crippen LogP contribution in [-0.2, 0) is 4.79 Å². The fraction of sp³-hybridized carbons (Fsp3) is 0.933. The van der Waals surface area contributed by atoms with Gasteiger partial charge in [0.05, 0.1) is 6.61 Å². The lowest BCUT2D eigenvalue weighted by atomic mass is 9.70. The summed E-state index contributed by atoms with van der Waals surface area (Å²) in [5, 5.41) is 9.43. The van der Waals surface area contributed by atoms with Crippen LogP contribution in [0, 0.1) is 11.3 Å². The number of likely N-dealkylation sites (tertiary alicyclic amines) is 1. The Bertz CT molecular complexity index is 301. The zero-order valence-electron chi connectivity index (χ0n) is 11.8. The molecule has 1 aliphatic carbocycles. The molecule has 3 heteroatoms. The Hall–Kier alpha value is -0.410. The smallest absolute Gasteiger partial charge is 0.142 e. The zero-order chi connectivity index (χ0) is 13.2. The Kier molecular flexibility index (Phi) is 4.44. The molecule has 1 saturated heterocycles. The molecule has 18 heavy (non-hydrogen) atoms. The molecule has 2 atom stereocenters. The summed E-state index contributed by atoms with van der Waals surface area (Å²) in [7, 11) is 0. The summed E-state index contributed by atoms with van der Waals surface area (Å²) in [5.74, 6) is 0.636. The van der Waals surface area contributed by atoms with Gasteiger partial charge in [0.15, 0.2) is 0 Å². The van der Waals surface area contributed by atoms with Crippen molar-refractivity contribution in [3.63, 3.8) is 0 Å². The first-order chi connectivity index (χ1) is 8.54. The van der Waals surface area contributed by atoms with Crippen LogP contribution >= 0.6 is 0 Å². The second-order valence-electron chi connectivity index (χ2n) is 6.66. The minimum Gasteiger partial charge on any atom is -0.395 e. The Balaban J connectivity index is 1.97. The predicted octanol–water partition coefficient (Wildman–Crippen LogP) is 2.23. The summed E-state index contributed by atoms with van der Waals surface area (Å²) in [5.41, 5.74) is -0.132. The van der Waals surface area contributed by atoms with Crippen LogP contribution in [-0.4, -0.2) is 41.5 Å². The molecule has 0 aromatic heterocycles. The Morgan fingerprint density at radius 3 is 2.78 bits per heavy atom. The van der Waals surface area contributed by atoms with Gasteiger partial charge in [-0.15, -0.1) is 0 Å². The van der Waals surface area contributed by atoms with Crippen LogP contribution in [0.4, 0.5) is 0 Å². The zero-order valence-corrected chi connectivity index (χ0v) is 11.8. The lowest BCUT2D eigenvalue weighted by molar-refractivity contribution is -0.135. The molecule has 0 radical (unpaired) electrons. The van der Waals surface area contributed by atoms with Crippen molar-refractivity contribution < 1.29 is 9.90 Å². The number of hydrogen-bond acceptors (Lipinski definition) is 3. The van der Waals surface area contributed by atoms with Gasteiger partial charge in [0.1, 0.15) is 5.78 Å². The molecule has 0 amide bonds. The number of hydrogen-bond donors (Lipinski definition) is 1. The highest BCUT2D eigenvalue weighted by Gasteiger charge is 2.38. The molecular formula is C15H27NO2. The molecule has 0 bridgehead atoms. The van der Waals surface area contributed by atoms with Crippen LogP contribution in [0.25, 0.3) is 0 Å². The van der Waals surface area contributed by atoms with Crippen molar-refractivity contribution in [3.05, 3.63) is 0 Å². The Morgan fingerprint density at radius 2 is 2.06 bits per heavy atom. The van der Waals surface area contributed by atoms with E-state index in [9.17, 15) is 9.90 Å². The monoisotopic (exact) mass is 253 g/mol. The fourth-order valence-electron chi connectivity index (χ4n) is 3.56. The van der Waals surface area contributed by atoms with Crippen molar-refractivity contribution in [2.45, 2.75) is 58.4 Å². The van der Waals surface area contributed by atoms with Crippen LogP contribution in [0.3, 0.4) is 0 Å². The molecule has 0 spiro atoms. The van der Waals surface area contributed by atoms with Gasteiger partial charge in [0.25, 0.3) is 0 Å². The van der Waals surface area contributed by atoms with E-state index in [-0.39, 0.29) is 24.0 Å². The number of aliphatic hydroxyl groups is 1. The van der Waals surface area contributed by atoms with Gasteiger partial charge in [-0.05, 0) is 32.2 Å². The van der Waals surface area contributed by atoms with Crippen LogP contribution < -0.4 is 0 Å². The lowest BCUT2D eigenvalue weighted by Crippen LogP contribution is -2.48. The second kappa shape index (κ2) is 5.70. The topological polar surface area (TPSA) is 40.5 Å². The molecule has 2 unspecified atom stereocenters. The summed E-state index contributed by atoms with van der Waals surface area (Å²) in [4.78, 5) is 14.8. The van der Waals surface area contributed by atoms with Crippen LogP contribution in [0.15, 0.2) is 0 Å². The number of aliphatic hydroxyl groups excluding tert-OH is 1. The first-order valence-corrected chi connectivity index (χ1v) is 7.44. The minimum absolute atomic E-state index is 0.132. The van der Waals surface area contributed by atoms with Gasteiger partial charge < -0.3 is 5.11 Å². The summed E-state index contributed by atoms with van der Waals surface area (Å²) in [6, 6.07) is 0.289.